The number of nitro groups is 3. The number of hydrogen-bond donors (Lipinski definition) is 1. The smallest absolute Gasteiger partial charge is 0.324 e. The summed E-state index contributed by atoms with van der Waals surface area (Å²) in [5, 5.41) is 42.8. The third kappa shape index (κ3) is 4.93. The molecule has 0 aliphatic heterocycles. The van der Waals surface area contributed by atoms with E-state index >= 15 is 0 Å². The van der Waals surface area contributed by atoms with E-state index in [1.54, 1.807) is 0 Å². The number of benzene rings is 3. The Morgan fingerprint density at radius 1 is 0.765 bits per heavy atom. The van der Waals surface area contributed by atoms with Crippen LogP contribution in [0.3, 0.4) is 0 Å². The van der Waals surface area contributed by atoms with Gasteiger partial charge in [0.2, 0.25) is 0 Å². The number of fused-ring (bicyclic) bond motifs is 1. The Labute approximate surface area is 192 Å². The third-order valence-electron chi connectivity index (χ3n) is 4.98. The molecule has 0 aliphatic rings. The number of hydrogen-bond acceptors (Lipinski definition) is 8. The van der Waals surface area contributed by atoms with Gasteiger partial charge in [-0.1, -0.05) is 42.5 Å². The Hall–Kier alpha value is -4.93. The van der Waals surface area contributed by atoms with Crippen molar-refractivity contribution < 1.29 is 19.9 Å². The normalized spacial score (nSPS) is 10.3. The summed E-state index contributed by atoms with van der Waals surface area (Å²) in [7, 11) is 0. The zero-order valence-electron chi connectivity index (χ0n) is 18.0. The zero-order valence-corrected chi connectivity index (χ0v) is 18.0. The lowest BCUT2D eigenvalue weighted by Gasteiger charge is -2.10. The zero-order chi connectivity index (χ0) is 25.0. The van der Waals surface area contributed by atoms with Gasteiger partial charge >= 0.3 is 11.4 Å². The van der Waals surface area contributed by atoms with Gasteiger partial charge in [0.1, 0.15) is 0 Å². The van der Waals surface area contributed by atoms with Crippen LogP contribution in [0.15, 0.2) is 66.9 Å². The van der Waals surface area contributed by atoms with Crippen LogP contribution in [0.2, 0.25) is 0 Å². The monoisotopic (exact) mass is 462 g/mol. The van der Waals surface area contributed by atoms with Crippen molar-refractivity contribution in [2.24, 2.45) is 0 Å². The topological polar surface area (TPSA) is 163 Å². The molecular weight excluding hydrogens is 444 g/mol. The van der Waals surface area contributed by atoms with E-state index in [0.717, 1.165) is 5.69 Å². The Kier molecular flexibility index (Phi) is 6.76. The maximum atomic E-state index is 10.4. The Bertz CT molecular complexity index is 1400. The summed E-state index contributed by atoms with van der Waals surface area (Å²) < 4.78 is 0. The van der Waals surface area contributed by atoms with Crippen LogP contribution in [-0.4, -0.2) is 24.9 Å². The second kappa shape index (κ2) is 9.69. The lowest BCUT2D eigenvalue weighted by atomic mass is 9.96. The average molecular weight is 462 g/mol. The third-order valence-corrected chi connectivity index (χ3v) is 4.98. The van der Waals surface area contributed by atoms with E-state index in [9.17, 15) is 30.3 Å². The summed E-state index contributed by atoms with van der Waals surface area (Å²) in [6.45, 7) is 4.15. The van der Waals surface area contributed by atoms with Gasteiger partial charge in [0.25, 0.3) is 11.4 Å². The minimum absolute atomic E-state index is 0.447. The maximum Gasteiger partial charge on any atom is 0.324 e. The standard InChI is InChI=1S/C17H15N.C6H3N3O7/c1-12-11-18-13(2)10-17(12)16-9-5-7-14-6-3-4-8-15(14)16;10-6-4(8(13)14)1-3(7(11)12)2-5(6)9(15)16/h3-11H,1-2H3;1-2,10H. The maximum absolute atomic E-state index is 10.4. The van der Waals surface area contributed by atoms with Crippen molar-refractivity contribution in [3.05, 3.63) is 108 Å². The van der Waals surface area contributed by atoms with Gasteiger partial charge in [-0.2, -0.15) is 0 Å². The summed E-state index contributed by atoms with van der Waals surface area (Å²) in [4.78, 5) is 32.1. The predicted octanol–water partition coefficient (Wildman–Crippen LogP) is 5.64. The van der Waals surface area contributed by atoms with Gasteiger partial charge in [-0.15, -0.1) is 0 Å². The van der Waals surface area contributed by atoms with Crippen LogP contribution in [0.5, 0.6) is 5.75 Å². The molecule has 4 aromatic rings. The van der Waals surface area contributed by atoms with E-state index in [1.807, 2.05) is 13.1 Å². The van der Waals surface area contributed by atoms with Gasteiger partial charge in [-0.3, -0.25) is 35.3 Å². The molecule has 1 aromatic heterocycles. The van der Waals surface area contributed by atoms with Gasteiger partial charge in [0.15, 0.2) is 0 Å². The first-order chi connectivity index (χ1) is 16.1. The molecule has 0 saturated carbocycles. The number of nitro benzene ring substituents is 3. The van der Waals surface area contributed by atoms with Crippen LogP contribution in [0.1, 0.15) is 11.3 Å². The van der Waals surface area contributed by atoms with Crippen LogP contribution in [-0.2, 0) is 0 Å². The lowest BCUT2D eigenvalue weighted by Crippen LogP contribution is -1.97. The fourth-order valence-electron chi connectivity index (χ4n) is 3.35. The number of aromatic nitrogens is 1. The molecule has 0 fully saturated rings. The molecule has 34 heavy (non-hydrogen) atoms. The van der Waals surface area contributed by atoms with Gasteiger partial charge in [0, 0.05) is 11.9 Å². The van der Waals surface area contributed by atoms with E-state index < -0.39 is 37.6 Å². The van der Waals surface area contributed by atoms with Crippen LogP contribution < -0.4 is 0 Å². The van der Waals surface area contributed by atoms with E-state index in [2.05, 4.69) is 60.4 Å². The second-order valence-corrected chi connectivity index (χ2v) is 7.27. The number of pyridine rings is 1. The number of phenols is 1. The number of phenolic OH excluding ortho intramolecular Hbond substituents is 1. The molecule has 1 heterocycles. The molecule has 0 radical (unpaired) electrons. The van der Waals surface area contributed by atoms with Crippen molar-refractivity contribution >= 4 is 27.8 Å². The summed E-state index contributed by atoms with van der Waals surface area (Å²) >= 11 is 0. The number of non-ortho nitro benzene ring substituents is 1. The van der Waals surface area contributed by atoms with Crippen molar-refractivity contribution in [3.63, 3.8) is 0 Å². The average Bonchev–Trinajstić information content (AvgIpc) is 2.80. The fraction of sp³-hybridized carbons (Fsp3) is 0.0870. The molecule has 0 atom stereocenters. The predicted molar refractivity (Wildman–Crippen MR) is 125 cm³/mol. The molecule has 172 valence electrons. The molecule has 0 aliphatic carbocycles. The number of aromatic hydroxyl groups is 1. The summed E-state index contributed by atoms with van der Waals surface area (Å²) in [5.74, 6) is -1.21. The van der Waals surface area contributed by atoms with Crippen molar-refractivity contribution in [1.82, 2.24) is 4.98 Å². The van der Waals surface area contributed by atoms with Crippen LogP contribution in [0.4, 0.5) is 17.1 Å². The first kappa shape index (κ1) is 23.7. The quantitative estimate of drug-likeness (QED) is 0.301. The molecule has 1 N–H and O–H groups in total. The van der Waals surface area contributed by atoms with E-state index in [0.29, 0.717) is 12.1 Å². The highest BCUT2D eigenvalue weighted by molar-refractivity contribution is 5.97. The summed E-state index contributed by atoms with van der Waals surface area (Å²) in [6, 6.07) is 18.0. The van der Waals surface area contributed by atoms with Gasteiger partial charge < -0.3 is 5.11 Å². The fourth-order valence-corrected chi connectivity index (χ4v) is 3.35. The van der Waals surface area contributed by atoms with E-state index in [-0.39, 0.29) is 0 Å². The highest BCUT2D eigenvalue weighted by atomic mass is 16.6. The van der Waals surface area contributed by atoms with Gasteiger partial charge in [-0.25, -0.2) is 0 Å². The highest BCUT2D eigenvalue weighted by Crippen LogP contribution is 2.39. The molecule has 0 bridgehead atoms. The summed E-state index contributed by atoms with van der Waals surface area (Å²) in [5.41, 5.74) is 1.84. The second-order valence-electron chi connectivity index (χ2n) is 7.27. The molecule has 4 rings (SSSR count). The first-order valence-corrected chi connectivity index (χ1v) is 9.81. The Morgan fingerprint density at radius 2 is 1.35 bits per heavy atom. The van der Waals surface area contributed by atoms with Crippen LogP contribution in [0.25, 0.3) is 21.9 Å². The molecule has 0 amide bonds. The van der Waals surface area contributed by atoms with Crippen molar-refractivity contribution in [3.8, 4) is 16.9 Å². The minimum Gasteiger partial charge on any atom is -0.497 e. The summed E-state index contributed by atoms with van der Waals surface area (Å²) in [6.07, 6.45) is 1.95. The molecule has 0 unspecified atom stereocenters. The SMILES string of the molecule is Cc1cc(-c2cccc3ccccc23)c(C)cn1.O=[N+]([O-])c1cc([N+](=O)[O-])c(O)c([N+](=O)[O-])c1. The van der Waals surface area contributed by atoms with E-state index in [1.165, 1.54) is 27.5 Å². The minimum atomic E-state index is -1.21. The van der Waals surface area contributed by atoms with Gasteiger partial charge in [0.05, 0.1) is 26.9 Å². The van der Waals surface area contributed by atoms with Crippen molar-refractivity contribution in [2.45, 2.75) is 13.8 Å². The molecular formula is C23H18N4O7. The van der Waals surface area contributed by atoms with E-state index in [4.69, 9.17) is 5.11 Å². The van der Waals surface area contributed by atoms with Crippen LogP contribution >= 0.6 is 0 Å². The number of rotatable bonds is 4. The van der Waals surface area contributed by atoms with Gasteiger partial charge in [-0.05, 0) is 47.4 Å². The molecule has 0 spiro atoms. The Balaban J connectivity index is 0.000000192. The molecule has 11 heteroatoms. The molecule has 3 aromatic carbocycles. The largest absolute Gasteiger partial charge is 0.497 e. The number of aryl methyl sites for hydroxylation is 2. The molecule has 0 saturated heterocycles. The van der Waals surface area contributed by atoms with Crippen molar-refractivity contribution in [2.75, 3.05) is 0 Å². The first-order valence-electron chi connectivity index (χ1n) is 9.81. The van der Waals surface area contributed by atoms with Crippen LogP contribution in [0, 0.1) is 44.2 Å². The van der Waals surface area contributed by atoms with Crippen molar-refractivity contribution in [1.29, 1.82) is 0 Å². The Morgan fingerprint density at radius 3 is 1.94 bits per heavy atom. The number of nitrogens with zero attached hydrogens (tertiary/aromatic N) is 4. The molecule has 11 nitrogen and oxygen atoms in total. The highest BCUT2D eigenvalue weighted by Gasteiger charge is 2.30. The lowest BCUT2D eigenvalue weighted by molar-refractivity contribution is -0.404.